The molecule has 150 valence electrons. The van der Waals surface area contributed by atoms with Gasteiger partial charge in [-0.2, -0.15) is 0 Å². The molecule has 3 rings (SSSR count). The number of ether oxygens (including phenoxy) is 1. The number of carbonyl (C=O) groups is 2. The Bertz CT molecular complexity index is 649. The summed E-state index contributed by atoms with van der Waals surface area (Å²) in [6.45, 7) is 5.14. The van der Waals surface area contributed by atoms with Crippen molar-refractivity contribution >= 4 is 29.9 Å². The molecule has 3 N–H and O–H groups in total. The molecule has 2 amide bonds. The third-order valence-corrected chi connectivity index (χ3v) is 5.29. The van der Waals surface area contributed by atoms with Crippen molar-refractivity contribution in [1.82, 2.24) is 4.90 Å². The van der Waals surface area contributed by atoms with Crippen molar-refractivity contribution in [2.24, 2.45) is 5.73 Å². The molecule has 2 unspecified atom stereocenters. The molecule has 1 saturated heterocycles. The van der Waals surface area contributed by atoms with E-state index in [0.717, 1.165) is 32.1 Å². The average molecular weight is 396 g/mol. The number of hydrogen-bond acceptors (Lipinski definition) is 4. The molecule has 0 radical (unpaired) electrons. The maximum absolute atomic E-state index is 12.7. The van der Waals surface area contributed by atoms with Crippen LogP contribution in [-0.4, -0.2) is 47.6 Å². The van der Waals surface area contributed by atoms with Crippen molar-refractivity contribution in [3.8, 4) is 0 Å². The van der Waals surface area contributed by atoms with E-state index in [1.165, 1.54) is 0 Å². The van der Waals surface area contributed by atoms with Gasteiger partial charge in [-0.1, -0.05) is 19.3 Å². The summed E-state index contributed by atoms with van der Waals surface area (Å²) in [5, 5.41) is 2.90. The van der Waals surface area contributed by atoms with Crippen LogP contribution in [-0.2, 0) is 9.53 Å². The number of nitrogens with zero attached hydrogens (tertiary/aromatic N) is 1. The van der Waals surface area contributed by atoms with Crippen LogP contribution in [0.15, 0.2) is 24.3 Å². The first-order valence-electron chi connectivity index (χ1n) is 9.52. The van der Waals surface area contributed by atoms with Gasteiger partial charge in [0, 0.05) is 24.3 Å². The molecule has 2 fully saturated rings. The van der Waals surface area contributed by atoms with Crippen molar-refractivity contribution in [1.29, 1.82) is 0 Å². The van der Waals surface area contributed by atoms with E-state index in [2.05, 4.69) is 5.32 Å². The predicted octanol–water partition coefficient (Wildman–Crippen LogP) is 2.96. The number of amides is 2. The second kappa shape index (κ2) is 9.04. The summed E-state index contributed by atoms with van der Waals surface area (Å²) in [6, 6.07) is 7.05. The SMILES string of the molecule is CC1CN(C(=O)c2ccc(NC(=O)C3(N)CCCCC3)cc2)CC(C)O1.Cl. The molecule has 1 saturated carbocycles. The number of morpholine rings is 1. The Morgan fingerprint density at radius 2 is 1.63 bits per heavy atom. The Balaban J connectivity index is 0.00000261. The zero-order valence-corrected chi connectivity index (χ0v) is 16.9. The molecule has 1 aromatic rings. The van der Waals surface area contributed by atoms with Gasteiger partial charge in [-0.25, -0.2) is 0 Å². The average Bonchev–Trinajstić information content (AvgIpc) is 2.61. The summed E-state index contributed by atoms with van der Waals surface area (Å²) in [5.74, 6) is -0.139. The number of rotatable bonds is 3. The summed E-state index contributed by atoms with van der Waals surface area (Å²) in [5.41, 5.74) is 6.78. The van der Waals surface area contributed by atoms with Gasteiger partial charge in [-0.15, -0.1) is 12.4 Å². The van der Waals surface area contributed by atoms with Gasteiger partial charge in [0.15, 0.2) is 0 Å². The van der Waals surface area contributed by atoms with Crippen molar-refractivity contribution in [3.63, 3.8) is 0 Å². The fourth-order valence-electron chi connectivity index (χ4n) is 3.89. The van der Waals surface area contributed by atoms with E-state index in [-0.39, 0.29) is 36.4 Å². The summed E-state index contributed by atoms with van der Waals surface area (Å²) in [6.07, 6.45) is 4.66. The van der Waals surface area contributed by atoms with E-state index in [9.17, 15) is 9.59 Å². The fraction of sp³-hybridized carbons (Fsp3) is 0.600. The zero-order valence-electron chi connectivity index (χ0n) is 16.1. The quantitative estimate of drug-likeness (QED) is 0.823. The van der Waals surface area contributed by atoms with E-state index < -0.39 is 5.54 Å². The minimum atomic E-state index is -0.771. The molecule has 0 bridgehead atoms. The van der Waals surface area contributed by atoms with Crippen molar-refractivity contribution in [2.75, 3.05) is 18.4 Å². The van der Waals surface area contributed by atoms with Crippen molar-refractivity contribution < 1.29 is 14.3 Å². The zero-order chi connectivity index (χ0) is 18.7. The topological polar surface area (TPSA) is 84.7 Å². The van der Waals surface area contributed by atoms with Gasteiger partial charge in [-0.3, -0.25) is 9.59 Å². The Morgan fingerprint density at radius 1 is 1.07 bits per heavy atom. The Morgan fingerprint density at radius 3 is 2.19 bits per heavy atom. The van der Waals surface area contributed by atoms with Crippen LogP contribution in [0, 0.1) is 0 Å². The summed E-state index contributed by atoms with van der Waals surface area (Å²) in [7, 11) is 0. The molecular formula is C20H30ClN3O3. The number of halogens is 1. The lowest BCUT2D eigenvalue weighted by Crippen LogP contribution is -2.52. The monoisotopic (exact) mass is 395 g/mol. The first kappa shape index (κ1) is 21.7. The van der Waals surface area contributed by atoms with Crippen LogP contribution in [0.1, 0.15) is 56.3 Å². The molecule has 1 aliphatic heterocycles. The Kier molecular flexibility index (Phi) is 7.25. The number of anilines is 1. The molecule has 1 aliphatic carbocycles. The summed E-state index contributed by atoms with van der Waals surface area (Å²) < 4.78 is 5.68. The molecule has 1 heterocycles. The van der Waals surface area contributed by atoms with E-state index in [0.29, 0.717) is 24.3 Å². The van der Waals surface area contributed by atoms with Crippen LogP contribution in [0.25, 0.3) is 0 Å². The third kappa shape index (κ3) is 5.21. The molecule has 7 heteroatoms. The maximum Gasteiger partial charge on any atom is 0.254 e. The number of benzene rings is 1. The Hall–Kier alpha value is -1.63. The predicted molar refractivity (Wildman–Crippen MR) is 108 cm³/mol. The largest absolute Gasteiger partial charge is 0.372 e. The van der Waals surface area contributed by atoms with Crippen LogP contribution in [0.5, 0.6) is 0 Å². The maximum atomic E-state index is 12.7. The van der Waals surface area contributed by atoms with Crippen molar-refractivity contribution in [3.05, 3.63) is 29.8 Å². The lowest BCUT2D eigenvalue weighted by Gasteiger charge is -2.35. The van der Waals surface area contributed by atoms with E-state index >= 15 is 0 Å². The highest BCUT2D eigenvalue weighted by Gasteiger charge is 2.35. The van der Waals surface area contributed by atoms with Crippen LogP contribution in [0.2, 0.25) is 0 Å². The van der Waals surface area contributed by atoms with E-state index in [1.807, 2.05) is 18.7 Å². The first-order chi connectivity index (χ1) is 12.4. The minimum Gasteiger partial charge on any atom is -0.372 e. The third-order valence-electron chi connectivity index (χ3n) is 5.29. The van der Waals surface area contributed by atoms with Crippen LogP contribution in [0.3, 0.4) is 0 Å². The highest BCUT2D eigenvalue weighted by Crippen LogP contribution is 2.27. The van der Waals surface area contributed by atoms with E-state index in [1.54, 1.807) is 24.3 Å². The van der Waals surface area contributed by atoms with Gasteiger partial charge in [0.2, 0.25) is 5.91 Å². The molecule has 2 aliphatic rings. The molecule has 1 aromatic carbocycles. The smallest absolute Gasteiger partial charge is 0.254 e. The van der Waals surface area contributed by atoms with Crippen molar-refractivity contribution in [2.45, 2.75) is 63.7 Å². The number of hydrogen-bond donors (Lipinski definition) is 2. The second-order valence-electron chi connectivity index (χ2n) is 7.72. The van der Waals surface area contributed by atoms with Gasteiger partial charge in [0.1, 0.15) is 0 Å². The van der Waals surface area contributed by atoms with Gasteiger partial charge in [0.25, 0.3) is 5.91 Å². The van der Waals surface area contributed by atoms with Gasteiger partial charge in [0.05, 0.1) is 17.7 Å². The molecule has 6 nitrogen and oxygen atoms in total. The number of nitrogens with two attached hydrogens (primary N) is 1. The van der Waals surface area contributed by atoms with Crippen LogP contribution in [0.4, 0.5) is 5.69 Å². The molecule has 0 aromatic heterocycles. The normalized spacial score (nSPS) is 24.6. The number of carbonyl (C=O) groups excluding carboxylic acids is 2. The molecule has 27 heavy (non-hydrogen) atoms. The second-order valence-corrected chi connectivity index (χ2v) is 7.72. The van der Waals surface area contributed by atoms with Gasteiger partial charge < -0.3 is 20.7 Å². The summed E-state index contributed by atoms with van der Waals surface area (Å²) >= 11 is 0. The highest BCUT2D eigenvalue weighted by molar-refractivity contribution is 5.99. The van der Waals surface area contributed by atoms with Gasteiger partial charge >= 0.3 is 0 Å². The lowest BCUT2D eigenvalue weighted by atomic mass is 9.82. The molecule has 2 atom stereocenters. The summed E-state index contributed by atoms with van der Waals surface area (Å²) in [4.78, 5) is 27.0. The lowest BCUT2D eigenvalue weighted by molar-refractivity contribution is -0.122. The van der Waals surface area contributed by atoms with E-state index in [4.69, 9.17) is 10.5 Å². The van der Waals surface area contributed by atoms with Crippen LogP contribution >= 0.6 is 12.4 Å². The van der Waals surface area contributed by atoms with Gasteiger partial charge in [-0.05, 0) is 51.0 Å². The Labute approximate surface area is 167 Å². The minimum absolute atomic E-state index is 0. The fourth-order valence-corrected chi connectivity index (χ4v) is 3.89. The molecule has 0 spiro atoms. The molecular weight excluding hydrogens is 366 g/mol. The van der Waals surface area contributed by atoms with Crippen LogP contribution < -0.4 is 11.1 Å². The first-order valence-corrected chi connectivity index (χ1v) is 9.52. The standard InChI is InChI=1S/C20H29N3O3.ClH/c1-14-12-23(13-15(2)26-14)18(24)16-6-8-17(9-7-16)22-19(25)20(21)10-4-3-5-11-20;/h6-9,14-15H,3-5,10-13,21H2,1-2H3,(H,22,25);1H. The number of nitrogens with one attached hydrogen (secondary N) is 1. The highest BCUT2D eigenvalue weighted by atomic mass is 35.5.